The Kier molecular flexibility index (Phi) is 5.67. The number of carbonyl (C=O) groups is 2. The second kappa shape index (κ2) is 8.13. The summed E-state index contributed by atoms with van der Waals surface area (Å²) in [7, 11) is 0. The third kappa shape index (κ3) is 4.29. The Balaban J connectivity index is 1.52. The highest BCUT2D eigenvalue weighted by atomic mass is 32.1. The largest absolute Gasteiger partial charge is 0.462 e. The number of hydrogen-bond donors (Lipinski definition) is 1. The second-order valence-corrected chi connectivity index (χ2v) is 6.56. The maximum atomic E-state index is 12.4. The summed E-state index contributed by atoms with van der Waals surface area (Å²) in [6.07, 6.45) is 0. The monoisotopic (exact) mass is 375 g/mol. The van der Waals surface area contributed by atoms with Crippen LogP contribution < -0.4 is 10.2 Å². The molecule has 2 aromatic rings. The number of piperazine rings is 1. The summed E-state index contributed by atoms with van der Waals surface area (Å²) in [6, 6.07) is 6.53. The molecule has 1 aliphatic heterocycles. The minimum absolute atomic E-state index is 0.151. The lowest BCUT2D eigenvalue weighted by Gasteiger charge is -2.34. The molecule has 138 valence electrons. The van der Waals surface area contributed by atoms with Gasteiger partial charge in [0.1, 0.15) is 5.82 Å². The average molecular weight is 375 g/mol. The van der Waals surface area contributed by atoms with Crippen LogP contribution in [-0.4, -0.2) is 59.0 Å². The van der Waals surface area contributed by atoms with Crippen molar-refractivity contribution in [3.05, 3.63) is 35.7 Å². The molecule has 8 nitrogen and oxygen atoms in total. The Morgan fingerprint density at radius 2 is 1.88 bits per heavy atom. The van der Waals surface area contributed by atoms with Crippen molar-refractivity contribution in [1.82, 2.24) is 14.3 Å². The molecule has 1 aromatic carbocycles. The fourth-order valence-electron chi connectivity index (χ4n) is 2.62. The molecule has 2 heterocycles. The van der Waals surface area contributed by atoms with Crippen molar-refractivity contribution in [2.45, 2.75) is 13.8 Å². The molecule has 0 spiro atoms. The van der Waals surface area contributed by atoms with Crippen LogP contribution in [-0.2, 0) is 4.74 Å². The molecule has 0 unspecified atom stereocenters. The Bertz CT molecular complexity index is 769. The number of aryl methyl sites for hydroxylation is 1. The first kappa shape index (κ1) is 18.1. The van der Waals surface area contributed by atoms with E-state index in [-0.39, 0.29) is 12.0 Å². The van der Waals surface area contributed by atoms with Gasteiger partial charge in [-0.2, -0.15) is 4.37 Å². The van der Waals surface area contributed by atoms with Crippen LogP contribution in [0.5, 0.6) is 0 Å². The highest BCUT2D eigenvalue weighted by molar-refractivity contribution is 7.09. The summed E-state index contributed by atoms with van der Waals surface area (Å²) in [5, 5.41) is 3.76. The van der Waals surface area contributed by atoms with E-state index in [1.165, 1.54) is 11.5 Å². The number of rotatable bonds is 4. The minimum Gasteiger partial charge on any atom is -0.462 e. The summed E-state index contributed by atoms with van der Waals surface area (Å²) < 4.78 is 9.14. The molecule has 1 aliphatic rings. The third-order valence-corrected chi connectivity index (χ3v) is 4.87. The maximum Gasteiger partial charge on any atom is 0.338 e. The van der Waals surface area contributed by atoms with Crippen molar-refractivity contribution in [3.8, 4) is 0 Å². The summed E-state index contributed by atoms with van der Waals surface area (Å²) in [5.74, 6) is 0.407. The number of amides is 2. The zero-order chi connectivity index (χ0) is 18.5. The van der Waals surface area contributed by atoms with Gasteiger partial charge in [-0.05, 0) is 38.1 Å². The van der Waals surface area contributed by atoms with Gasteiger partial charge in [-0.1, -0.05) is 0 Å². The molecule has 1 fully saturated rings. The van der Waals surface area contributed by atoms with E-state index in [4.69, 9.17) is 4.74 Å². The van der Waals surface area contributed by atoms with Gasteiger partial charge in [-0.25, -0.2) is 14.6 Å². The molecule has 1 aromatic heterocycles. The van der Waals surface area contributed by atoms with Crippen molar-refractivity contribution in [2.24, 2.45) is 0 Å². The number of anilines is 2. The van der Waals surface area contributed by atoms with Crippen LogP contribution in [0.2, 0.25) is 0 Å². The number of urea groups is 1. The van der Waals surface area contributed by atoms with Gasteiger partial charge in [0.15, 0.2) is 0 Å². The first-order valence-corrected chi connectivity index (χ1v) is 9.22. The molecular weight excluding hydrogens is 354 g/mol. The van der Waals surface area contributed by atoms with Crippen molar-refractivity contribution in [2.75, 3.05) is 43.0 Å². The van der Waals surface area contributed by atoms with E-state index < -0.39 is 0 Å². The Morgan fingerprint density at radius 1 is 1.19 bits per heavy atom. The van der Waals surface area contributed by atoms with E-state index in [0.29, 0.717) is 30.9 Å². The van der Waals surface area contributed by atoms with E-state index in [0.717, 1.165) is 24.0 Å². The van der Waals surface area contributed by atoms with Gasteiger partial charge in [0, 0.05) is 43.4 Å². The molecule has 3 rings (SSSR count). The highest BCUT2D eigenvalue weighted by Crippen LogP contribution is 2.19. The molecule has 0 radical (unpaired) electrons. The smallest absolute Gasteiger partial charge is 0.338 e. The quantitative estimate of drug-likeness (QED) is 0.826. The van der Waals surface area contributed by atoms with Crippen LogP contribution in [0.15, 0.2) is 24.3 Å². The molecule has 0 saturated carbocycles. The lowest BCUT2D eigenvalue weighted by atomic mass is 10.2. The van der Waals surface area contributed by atoms with Crippen LogP contribution in [0.3, 0.4) is 0 Å². The van der Waals surface area contributed by atoms with Gasteiger partial charge in [0.05, 0.1) is 12.2 Å². The fraction of sp³-hybridized carbons (Fsp3) is 0.412. The van der Waals surface area contributed by atoms with E-state index in [1.54, 1.807) is 36.1 Å². The van der Waals surface area contributed by atoms with E-state index >= 15 is 0 Å². The first-order valence-electron chi connectivity index (χ1n) is 8.45. The normalized spacial score (nSPS) is 14.2. The number of nitrogens with zero attached hydrogens (tertiary/aromatic N) is 4. The number of hydrogen-bond acceptors (Lipinski definition) is 7. The number of ether oxygens (including phenoxy) is 1. The molecule has 1 N–H and O–H groups in total. The number of nitrogens with one attached hydrogen (secondary N) is 1. The second-order valence-electron chi connectivity index (χ2n) is 5.83. The lowest BCUT2D eigenvalue weighted by Crippen LogP contribution is -2.50. The van der Waals surface area contributed by atoms with Gasteiger partial charge < -0.3 is 19.9 Å². The Labute approximate surface area is 155 Å². The third-order valence-electron chi connectivity index (χ3n) is 4.00. The van der Waals surface area contributed by atoms with E-state index in [1.807, 2.05) is 6.92 Å². The molecule has 1 saturated heterocycles. The molecule has 0 aliphatic carbocycles. The Morgan fingerprint density at radius 3 is 2.46 bits per heavy atom. The summed E-state index contributed by atoms with van der Waals surface area (Å²) in [6.45, 7) is 6.65. The standard InChI is InChI=1S/C17H21N5O3S/c1-3-25-15(23)13-4-6-14(7-5-13)19-16(24)21-8-10-22(11-9-21)17-18-12(2)20-26-17/h4-7H,3,8-11H2,1-2H3,(H,19,24). The fourth-order valence-corrected chi connectivity index (χ4v) is 3.35. The van der Waals surface area contributed by atoms with E-state index in [9.17, 15) is 9.59 Å². The van der Waals surface area contributed by atoms with Gasteiger partial charge in [0.2, 0.25) is 5.13 Å². The van der Waals surface area contributed by atoms with E-state index in [2.05, 4.69) is 19.6 Å². The van der Waals surface area contributed by atoms with Crippen molar-refractivity contribution < 1.29 is 14.3 Å². The molecule has 26 heavy (non-hydrogen) atoms. The number of esters is 1. The maximum absolute atomic E-state index is 12.4. The van der Waals surface area contributed by atoms with Crippen molar-refractivity contribution >= 4 is 34.4 Å². The molecule has 0 atom stereocenters. The van der Waals surface area contributed by atoms with Gasteiger partial charge >= 0.3 is 12.0 Å². The topological polar surface area (TPSA) is 87.7 Å². The number of carbonyl (C=O) groups excluding carboxylic acids is 2. The van der Waals surface area contributed by atoms with Gasteiger partial charge in [-0.15, -0.1) is 0 Å². The van der Waals surface area contributed by atoms with Crippen LogP contribution in [0.4, 0.5) is 15.6 Å². The molecule has 0 bridgehead atoms. The Hall–Kier alpha value is -2.68. The first-order chi connectivity index (χ1) is 12.6. The zero-order valence-electron chi connectivity index (χ0n) is 14.8. The average Bonchev–Trinajstić information content (AvgIpc) is 3.09. The predicted octanol–water partition coefficient (Wildman–Crippen LogP) is 2.38. The van der Waals surface area contributed by atoms with Crippen LogP contribution >= 0.6 is 11.5 Å². The zero-order valence-corrected chi connectivity index (χ0v) is 15.6. The summed E-state index contributed by atoms with van der Waals surface area (Å²) in [5.41, 5.74) is 1.11. The number of aromatic nitrogens is 2. The molecular formula is C17H21N5O3S. The SMILES string of the molecule is CCOC(=O)c1ccc(NC(=O)N2CCN(c3nc(C)ns3)CC2)cc1. The van der Waals surface area contributed by atoms with Gasteiger partial charge in [-0.3, -0.25) is 0 Å². The highest BCUT2D eigenvalue weighted by Gasteiger charge is 2.23. The predicted molar refractivity (Wildman–Crippen MR) is 99.8 cm³/mol. The lowest BCUT2D eigenvalue weighted by molar-refractivity contribution is 0.0526. The molecule has 2 amide bonds. The van der Waals surface area contributed by atoms with Crippen LogP contribution in [0.1, 0.15) is 23.1 Å². The van der Waals surface area contributed by atoms with Crippen LogP contribution in [0, 0.1) is 6.92 Å². The van der Waals surface area contributed by atoms with Gasteiger partial charge in [0.25, 0.3) is 0 Å². The minimum atomic E-state index is -0.367. The summed E-state index contributed by atoms with van der Waals surface area (Å²) >= 11 is 1.38. The summed E-state index contributed by atoms with van der Waals surface area (Å²) in [4.78, 5) is 32.4. The number of benzene rings is 1. The van der Waals surface area contributed by atoms with Crippen molar-refractivity contribution in [1.29, 1.82) is 0 Å². The molecule has 9 heteroatoms. The van der Waals surface area contributed by atoms with Crippen molar-refractivity contribution in [3.63, 3.8) is 0 Å². The van der Waals surface area contributed by atoms with Crippen LogP contribution in [0.25, 0.3) is 0 Å².